The first-order valence-corrected chi connectivity index (χ1v) is 7.68. The van der Waals surface area contributed by atoms with Gasteiger partial charge in [-0.25, -0.2) is 0 Å². The Morgan fingerprint density at radius 1 is 1.48 bits per heavy atom. The van der Waals surface area contributed by atoms with E-state index in [1.165, 1.54) is 0 Å². The van der Waals surface area contributed by atoms with Gasteiger partial charge in [-0.3, -0.25) is 0 Å². The molecule has 0 saturated heterocycles. The highest BCUT2D eigenvalue weighted by atomic mass is 16.6. The summed E-state index contributed by atoms with van der Waals surface area (Å²) in [5, 5.41) is 29.4. The van der Waals surface area contributed by atoms with E-state index < -0.39 is 6.29 Å². The maximum absolute atomic E-state index is 10.6. The summed E-state index contributed by atoms with van der Waals surface area (Å²) in [5.41, 5.74) is 3.59. The molecular formula is C18H24O5. The second kappa shape index (κ2) is 7.64. The number of allylic oxidation sites excluding steroid dienone is 2. The second-order valence-electron chi connectivity index (χ2n) is 5.62. The van der Waals surface area contributed by atoms with E-state index >= 15 is 0 Å². The smallest absolute Gasteiger partial charge is 0.185 e. The molecule has 0 aromatic heterocycles. The molecule has 1 unspecified atom stereocenters. The molecule has 1 heterocycles. The van der Waals surface area contributed by atoms with E-state index in [0.29, 0.717) is 35.3 Å². The number of hydrogen-bond donors (Lipinski definition) is 3. The van der Waals surface area contributed by atoms with Crippen LogP contribution < -0.4 is 4.74 Å². The van der Waals surface area contributed by atoms with E-state index in [1.807, 2.05) is 13.0 Å². The van der Waals surface area contributed by atoms with Crippen LogP contribution in [0.25, 0.3) is 6.08 Å². The standard InChI is InChI=1S/C18H24O5/c1-4-12-14-10-23-18(21)15(14)16(20)13(17(12)22-3)8-7-11(2)6-5-9-19/h4,7,18-21H,1,5-6,8-10H2,2-3H3/b11-7+. The summed E-state index contributed by atoms with van der Waals surface area (Å²) >= 11 is 0. The van der Waals surface area contributed by atoms with Gasteiger partial charge in [0.25, 0.3) is 0 Å². The molecule has 5 nitrogen and oxygen atoms in total. The van der Waals surface area contributed by atoms with Crippen molar-refractivity contribution in [1.29, 1.82) is 0 Å². The molecule has 0 bridgehead atoms. The Labute approximate surface area is 136 Å². The van der Waals surface area contributed by atoms with Gasteiger partial charge in [-0.1, -0.05) is 24.3 Å². The van der Waals surface area contributed by atoms with Crippen LogP contribution in [-0.4, -0.2) is 29.0 Å². The summed E-state index contributed by atoms with van der Waals surface area (Å²) < 4.78 is 10.7. The third-order valence-corrected chi connectivity index (χ3v) is 4.13. The van der Waals surface area contributed by atoms with Gasteiger partial charge in [-0.05, 0) is 26.2 Å². The molecule has 2 rings (SSSR count). The lowest BCUT2D eigenvalue weighted by atomic mass is 9.93. The number of fused-ring (bicyclic) bond motifs is 1. The number of rotatable bonds is 7. The second-order valence-corrected chi connectivity index (χ2v) is 5.62. The van der Waals surface area contributed by atoms with Crippen molar-refractivity contribution in [2.45, 2.75) is 39.1 Å². The molecule has 23 heavy (non-hydrogen) atoms. The Morgan fingerprint density at radius 3 is 2.83 bits per heavy atom. The molecule has 3 N–H and O–H groups in total. The molecule has 5 heteroatoms. The largest absolute Gasteiger partial charge is 0.507 e. The van der Waals surface area contributed by atoms with Crippen molar-refractivity contribution in [3.05, 3.63) is 40.5 Å². The third-order valence-electron chi connectivity index (χ3n) is 4.13. The maximum Gasteiger partial charge on any atom is 0.185 e. The number of methoxy groups -OCH3 is 1. The number of aromatic hydroxyl groups is 1. The van der Waals surface area contributed by atoms with Crippen molar-refractivity contribution in [3.63, 3.8) is 0 Å². The molecule has 0 amide bonds. The predicted molar refractivity (Wildman–Crippen MR) is 88.3 cm³/mol. The molecule has 0 radical (unpaired) electrons. The Balaban J connectivity index is 2.46. The molecule has 1 aliphatic rings. The van der Waals surface area contributed by atoms with Crippen molar-refractivity contribution >= 4 is 6.08 Å². The summed E-state index contributed by atoms with van der Waals surface area (Å²) in [6, 6.07) is 0. The zero-order valence-electron chi connectivity index (χ0n) is 13.6. The molecular weight excluding hydrogens is 296 g/mol. The Bertz CT molecular complexity index is 619. The quantitative estimate of drug-likeness (QED) is 0.673. The van der Waals surface area contributed by atoms with Crippen LogP contribution >= 0.6 is 0 Å². The van der Waals surface area contributed by atoms with E-state index in [0.717, 1.165) is 17.6 Å². The molecule has 1 aliphatic heterocycles. The summed E-state index contributed by atoms with van der Waals surface area (Å²) in [4.78, 5) is 0. The Kier molecular flexibility index (Phi) is 5.82. The van der Waals surface area contributed by atoms with Crippen molar-refractivity contribution in [2.75, 3.05) is 13.7 Å². The summed E-state index contributed by atoms with van der Waals surface area (Å²) in [5.74, 6) is 0.568. The first-order chi connectivity index (χ1) is 11.0. The molecule has 126 valence electrons. The van der Waals surface area contributed by atoms with Crippen LogP contribution in [-0.2, 0) is 17.8 Å². The number of aliphatic hydroxyl groups is 2. The third kappa shape index (κ3) is 3.42. The fourth-order valence-corrected chi connectivity index (χ4v) is 2.90. The highest BCUT2D eigenvalue weighted by Crippen LogP contribution is 2.46. The molecule has 0 fully saturated rings. The van der Waals surface area contributed by atoms with Crippen LogP contribution in [0.5, 0.6) is 11.5 Å². The van der Waals surface area contributed by atoms with Gasteiger partial charge < -0.3 is 24.8 Å². The number of hydrogen-bond acceptors (Lipinski definition) is 5. The number of benzene rings is 1. The highest BCUT2D eigenvalue weighted by molar-refractivity contribution is 5.70. The molecule has 1 aromatic rings. The molecule has 1 aromatic carbocycles. The lowest BCUT2D eigenvalue weighted by Gasteiger charge is -2.18. The van der Waals surface area contributed by atoms with E-state index in [2.05, 4.69) is 6.58 Å². The van der Waals surface area contributed by atoms with Gasteiger partial charge in [0, 0.05) is 23.3 Å². The minimum atomic E-state index is -1.13. The van der Waals surface area contributed by atoms with Gasteiger partial charge in [0.1, 0.15) is 11.5 Å². The van der Waals surface area contributed by atoms with Crippen LogP contribution in [0.1, 0.15) is 48.3 Å². The maximum atomic E-state index is 10.6. The number of aliphatic hydroxyl groups excluding tert-OH is 2. The number of ether oxygens (including phenoxy) is 2. The van der Waals surface area contributed by atoms with E-state index in [-0.39, 0.29) is 19.0 Å². The van der Waals surface area contributed by atoms with Gasteiger partial charge in [-0.2, -0.15) is 0 Å². The van der Waals surface area contributed by atoms with E-state index in [4.69, 9.17) is 14.6 Å². The van der Waals surface area contributed by atoms with Crippen molar-refractivity contribution in [1.82, 2.24) is 0 Å². The zero-order valence-corrected chi connectivity index (χ0v) is 13.6. The van der Waals surface area contributed by atoms with Crippen LogP contribution in [0.2, 0.25) is 0 Å². The number of phenols is 1. The molecule has 0 aliphatic carbocycles. The van der Waals surface area contributed by atoms with E-state index in [1.54, 1.807) is 13.2 Å². The Morgan fingerprint density at radius 2 is 2.22 bits per heavy atom. The monoisotopic (exact) mass is 320 g/mol. The SMILES string of the molecule is C=Cc1c2c(c(O)c(C/C=C(\C)CCCO)c1OC)C(O)OC2. The highest BCUT2D eigenvalue weighted by Gasteiger charge is 2.31. The minimum absolute atomic E-state index is 0.0126. The summed E-state index contributed by atoms with van der Waals surface area (Å²) in [6.45, 7) is 6.16. The number of phenolic OH excluding ortho intramolecular Hbond substituents is 1. The van der Waals surface area contributed by atoms with Crippen molar-refractivity contribution in [3.8, 4) is 11.5 Å². The van der Waals surface area contributed by atoms with Gasteiger partial charge in [0.05, 0.1) is 19.3 Å². The lowest BCUT2D eigenvalue weighted by Crippen LogP contribution is -2.02. The van der Waals surface area contributed by atoms with Crippen molar-refractivity contribution in [2.24, 2.45) is 0 Å². The van der Waals surface area contributed by atoms with Crippen LogP contribution in [0.3, 0.4) is 0 Å². The first kappa shape index (κ1) is 17.5. The van der Waals surface area contributed by atoms with Gasteiger partial charge in [0.15, 0.2) is 6.29 Å². The predicted octanol–water partition coefficient (Wildman–Crippen LogP) is 2.83. The zero-order chi connectivity index (χ0) is 17.0. The van der Waals surface area contributed by atoms with Gasteiger partial charge in [0.2, 0.25) is 0 Å². The lowest BCUT2D eigenvalue weighted by molar-refractivity contribution is -0.0926. The Hall–Kier alpha value is -1.82. The average molecular weight is 320 g/mol. The van der Waals surface area contributed by atoms with Gasteiger partial charge >= 0.3 is 0 Å². The van der Waals surface area contributed by atoms with Crippen molar-refractivity contribution < 1.29 is 24.8 Å². The first-order valence-electron chi connectivity index (χ1n) is 7.68. The minimum Gasteiger partial charge on any atom is -0.507 e. The molecule has 0 saturated carbocycles. The normalized spacial score (nSPS) is 17.2. The summed E-state index contributed by atoms with van der Waals surface area (Å²) in [7, 11) is 1.55. The fourth-order valence-electron chi connectivity index (χ4n) is 2.90. The van der Waals surface area contributed by atoms with E-state index in [9.17, 15) is 10.2 Å². The summed E-state index contributed by atoms with van der Waals surface area (Å²) in [6.07, 6.45) is 4.49. The van der Waals surface area contributed by atoms with Crippen LogP contribution in [0.4, 0.5) is 0 Å². The molecule has 0 spiro atoms. The van der Waals surface area contributed by atoms with Crippen LogP contribution in [0, 0.1) is 0 Å². The molecule has 1 atom stereocenters. The topological polar surface area (TPSA) is 79.2 Å². The van der Waals surface area contributed by atoms with Gasteiger partial charge in [-0.15, -0.1) is 0 Å². The fraction of sp³-hybridized carbons (Fsp3) is 0.444. The average Bonchev–Trinajstić information content (AvgIpc) is 2.93. The van der Waals surface area contributed by atoms with Crippen LogP contribution in [0.15, 0.2) is 18.2 Å².